The van der Waals surface area contributed by atoms with Crippen LogP contribution in [-0.4, -0.2) is 42.6 Å². The number of hydrogen-bond acceptors (Lipinski definition) is 4. The Kier molecular flexibility index (Phi) is 3.92. The molecule has 0 aromatic rings. The Balaban J connectivity index is 2.64. The highest BCUT2D eigenvalue weighted by molar-refractivity contribution is 6.67. The topological polar surface area (TPSA) is 60.2 Å². The summed E-state index contributed by atoms with van der Waals surface area (Å²) in [6.07, 6.45) is 2.68. The molecule has 13 heavy (non-hydrogen) atoms. The third-order valence-electron chi connectivity index (χ3n) is 1.80. The van der Waals surface area contributed by atoms with Gasteiger partial charge >= 0.3 is 0 Å². The minimum Gasteiger partial charge on any atom is -0.378 e. The SMILES string of the molecule is N=C/C(=C\C(=N)Cl)N1CCOCC1. The standard InChI is InChI=1S/C8H12ClN3O/c9-8(11)5-7(6-10)12-1-3-13-4-2-12/h5-6,10-11H,1-4H2/b7-5+,10-6?,11-8?. The van der Waals surface area contributed by atoms with Crippen molar-refractivity contribution in [3.63, 3.8) is 0 Å². The fraction of sp³-hybridized carbons (Fsp3) is 0.500. The first-order chi connectivity index (χ1) is 6.24. The zero-order valence-corrected chi connectivity index (χ0v) is 7.97. The van der Waals surface area contributed by atoms with Crippen molar-refractivity contribution in [3.8, 4) is 0 Å². The average molecular weight is 202 g/mol. The lowest BCUT2D eigenvalue weighted by Crippen LogP contribution is -2.36. The number of morpholine rings is 1. The van der Waals surface area contributed by atoms with E-state index in [-0.39, 0.29) is 5.17 Å². The molecular weight excluding hydrogens is 190 g/mol. The lowest BCUT2D eigenvalue weighted by molar-refractivity contribution is 0.0567. The van der Waals surface area contributed by atoms with E-state index in [0.717, 1.165) is 13.1 Å². The summed E-state index contributed by atoms with van der Waals surface area (Å²) in [5, 5.41) is 14.2. The van der Waals surface area contributed by atoms with Gasteiger partial charge in [-0.3, -0.25) is 5.41 Å². The van der Waals surface area contributed by atoms with Gasteiger partial charge in [-0.05, 0) is 6.08 Å². The summed E-state index contributed by atoms with van der Waals surface area (Å²) in [6.45, 7) is 2.85. The van der Waals surface area contributed by atoms with Crippen LogP contribution < -0.4 is 0 Å². The van der Waals surface area contributed by atoms with Crippen LogP contribution in [0.4, 0.5) is 0 Å². The van der Waals surface area contributed by atoms with Gasteiger partial charge in [0.25, 0.3) is 0 Å². The van der Waals surface area contributed by atoms with E-state index in [1.165, 1.54) is 12.3 Å². The molecule has 1 saturated heterocycles. The van der Waals surface area contributed by atoms with Crippen LogP contribution in [0.25, 0.3) is 0 Å². The lowest BCUT2D eigenvalue weighted by atomic mass is 10.3. The molecule has 0 aliphatic carbocycles. The molecule has 5 heteroatoms. The molecule has 0 spiro atoms. The van der Waals surface area contributed by atoms with E-state index in [0.29, 0.717) is 18.9 Å². The third-order valence-corrected chi connectivity index (χ3v) is 1.91. The molecule has 1 heterocycles. The van der Waals surface area contributed by atoms with Crippen LogP contribution in [-0.2, 0) is 4.74 Å². The number of rotatable bonds is 3. The molecule has 1 aliphatic rings. The van der Waals surface area contributed by atoms with Gasteiger partial charge in [0.05, 0.1) is 18.9 Å². The summed E-state index contributed by atoms with van der Waals surface area (Å²) >= 11 is 5.42. The molecule has 0 aromatic carbocycles. The molecule has 0 saturated carbocycles. The fourth-order valence-electron chi connectivity index (χ4n) is 1.18. The van der Waals surface area contributed by atoms with Gasteiger partial charge in [-0.25, -0.2) is 0 Å². The summed E-state index contributed by atoms with van der Waals surface area (Å²) in [5.74, 6) is 0. The minimum atomic E-state index is -0.0509. The fourth-order valence-corrected chi connectivity index (χ4v) is 1.29. The second-order valence-electron chi connectivity index (χ2n) is 2.66. The first kappa shape index (κ1) is 10.2. The zero-order valence-electron chi connectivity index (χ0n) is 7.22. The van der Waals surface area contributed by atoms with Crippen molar-refractivity contribution in [2.45, 2.75) is 0 Å². The molecule has 2 N–H and O–H groups in total. The summed E-state index contributed by atoms with van der Waals surface area (Å²) in [5.41, 5.74) is 0.670. The molecule has 72 valence electrons. The quantitative estimate of drug-likeness (QED) is 0.671. The van der Waals surface area contributed by atoms with E-state index >= 15 is 0 Å². The van der Waals surface area contributed by atoms with Crippen molar-refractivity contribution >= 4 is 23.0 Å². The largest absolute Gasteiger partial charge is 0.378 e. The molecular formula is C8H12ClN3O. The number of ether oxygens (including phenoxy) is 1. The zero-order chi connectivity index (χ0) is 9.68. The van der Waals surface area contributed by atoms with Crippen LogP contribution >= 0.6 is 11.6 Å². The Bertz CT molecular complexity index is 234. The molecule has 0 amide bonds. The maximum Gasteiger partial charge on any atom is 0.122 e. The maximum atomic E-state index is 7.16. The van der Waals surface area contributed by atoms with Crippen molar-refractivity contribution in [1.82, 2.24) is 4.90 Å². The summed E-state index contributed by atoms with van der Waals surface area (Å²) < 4.78 is 5.17. The van der Waals surface area contributed by atoms with E-state index in [1.807, 2.05) is 4.90 Å². The van der Waals surface area contributed by atoms with Gasteiger partial charge in [-0.2, -0.15) is 0 Å². The number of nitrogens with zero attached hydrogens (tertiary/aromatic N) is 1. The second-order valence-corrected chi connectivity index (χ2v) is 3.07. The minimum absolute atomic E-state index is 0.0509. The van der Waals surface area contributed by atoms with Gasteiger partial charge in [0, 0.05) is 19.3 Å². The maximum absolute atomic E-state index is 7.16. The Morgan fingerprint density at radius 2 is 2.00 bits per heavy atom. The monoisotopic (exact) mass is 201 g/mol. The Labute approximate surface area is 82.1 Å². The molecule has 0 atom stereocenters. The molecule has 0 unspecified atom stereocenters. The summed E-state index contributed by atoms with van der Waals surface area (Å²) in [6, 6.07) is 0. The molecule has 0 radical (unpaired) electrons. The smallest absolute Gasteiger partial charge is 0.122 e. The third kappa shape index (κ3) is 3.16. The van der Waals surface area contributed by atoms with Crippen LogP contribution in [0.2, 0.25) is 0 Å². The average Bonchev–Trinajstić information content (AvgIpc) is 2.15. The van der Waals surface area contributed by atoms with Crippen LogP contribution in [0.5, 0.6) is 0 Å². The van der Waals surface area contributed by atoms with E-state index in [1.54, 1.807) is 0 Å². The van der Waals surface area contributed by atoms with Gasteiger partial charge in [-0.1, -0.05) is 11.6 Å². The van der Waals surface area contributed by atoms with E-state index in [4.69, 9.17) is 27.2 Å². The number of nitrogens with one attached hydrogen (secondary N) is 2. The highest BCUT2D eigenvalue weighted by Crippen LogP contribution is 2.06. The molecule has 0 bridgehead atoms. The Morgan fingerprint density at radius 1 is 1.38 bits per heavy atom. The number of halogens is 1. The predicted molar refractivity (Wildman–Crippen MR) is 52.8 cm³/mol. The van der Waals surface area contributed by atoms with E-state index < -0.39 is 0 Å². The number of hydrogen-bond donors (Lipinski definition) is 2. The van der Waals surface area contributed by atoms with E-state index in [9.17, 15) is 0 Å². The van der Waals surface area contributed by atoms with Crippen LogP contribution in [0.1, 0.15) is 0 Å². The van der Waals surface area contributed by atoms with Crippen LogP contribution in [0, 0.1) is 10.8 Å². The Morgan fingerprint density at radius 3 is 2.46 bits per heavy atom. The number of allylic oxidation sites excluding steroid dienone is 2. The molecule has 0 aromatic heterocycles. The van der Waals surface area contributed by atoms with Gasteiger partial charge in [0.15, 0.2) is 0 Å². The van der Waals surface area contributed by atoms with Crippen molar-refractivity contribution in [2.24, 2.45) is 0 Å². The lowest BCUT2D eigenvalue weighted by Gasteiger charge is -2.28. The molecule has 1 aliphatic heterocycles. The summed E-state index contributed by atoms with van der Waals surface area (Å²) in [7, 11) is 0. The van der Waals surface area contributed by atoms with Crippen molar-refractivity contribution in [1.29, 1.82) is 10.8 Å². The second kappa shape index (κ2) is 4.99. The van der Waals surface area contributed by atoms with Crippen LogP contribution in [0.3, 0.4) is 0 Å². The highest BCUT2D eigenvalue weighted by atomic mass is 35.5. The van der Waals surface area contributed by atoms with Gasteiger partial charge in [0.2, 0.25) is 0 Å². The Hall–Kier alpha value is -0.870. The normalized spacial score (nSPS) is 18.5. The van der Waals surface area contributed by atoms with Crippen molar-refractivity contribution in [2.75, 3.05) is 26.3 Å². The highest BCUT2D eigenvalue weighted by Gasteiger charge is 2.11. The molecule has 1 fully saturated rings. The molecule has 1 rings (SSSR count). The molecule has 4 nitrogen and oxygen atoms in total. The van der Waals surface area contributed by atoms with Crippen molar-refractivity contribution < 1.29 is 4.74 Å². The predicted octanol–water partition coefficient (Wildman–Crippen LogP) is 1.07. The van der Waals surface area contributed by atoms with Gasteiger partial charge in [0.1, 0.15) is 5.17 Å². The first-order valence-corrected chi connectivity index (χ1v) is 4.41. The summed E-state index contributed by atoms with van der Waals surface area (Å²) in [4.78, 5) is 1.98. The van der Waals surface area contributed by atoms with E-state index in [2.05, 4.69) is 0 Å². The van der Waals surface area contributed by atoms with Crippen LogP contribution in [0.15, 0.2) is 11.8 Å². The van der Waals surface area contributed by atoms with Gasteiger partial charge in [-0.15, -0.1) is 0 Å². The van der Waals surface area contributed by atoms with Gasteiger partial charge < -0.3 is 15.0 Å². The van der Waals surface area contributed by atoms with Crippen molar-refractivity contribution in [3.05, 3.63) is 11.8 Å². The first-order valence-electron chi connectivity index (χ1n) is 4.03.